The number of aryl methyl sites for hydroxylation is 1. The molecule has 0 atom stereocenters. The Kier molecular flexibility index (Phi) is 2.02. The fourth-order valence-electron chi connectivity index (χ4n) is 1.29. The lowest BCUT2D eigenvalue weighted by Gasteiger charge is -2.02. The third kappa shape index (κ3) is 1.55. The summed E-state index contributed by atoms with van der Waals surface area (Å²) >= 11 is 1.43. The molecule has 0 unspecified atom stereocenters. The highest BCUT2D eigenvalue weighted by molar-refractivity contribution is 7.03. The van der Waals surface area contributed by atoms with Crippen molar-refractivity contribution in [2.24, 2.45) is 0 Å². The highest BCUT2D eigenvalue weighted by atomic mass is 32.1. The first kappa shape index (κ1) is 8.26. The summed E-state index contributed by atoms with van der Waals surface area (Å²) < 4.78 is 4.24. The molecule has 0 aliphatic carbocycles. The van der Waals surface area contributed by atoms with Gasteiger partial charge < -0.3 is 5.11 Å². The van der Waals surface area contributed by atoms with Crippen molar-refractivity contribution < 1.29 is 5.11 Å². The van der Waals surface area contributed by atoms with E-state index < -0.39 is 0 Å². The van der Waals surface area contributed by atoms with Gasteiger partial charge in [-0.2, -0.15) is 4.37 Å². The summed E-state index contributed by atoms with van der Waals surface area (Å²) in [7, 11) is 0. The smallest absolute Gasteiger partial charge is 0.115 e. The van der Waals surface area contributed by atoms with Gasteiger partial charge in [0.1, 0.15) is 5.75 Å². The van der Waals surface area contributed by atoms with E-state index in [1.54, 1.807) is 12.1 Å². The average Bonchev–Trinajstić information content (AvgIpc) is 2.56. The first-order chi connectivity index (χ1) is 6.27. The lowest BCUT2D eigenvalue weighted by atomic mass is 10.1. The molecule has 1 heterocycles. The number of hydrogen-bond donors (Lipinski definition) is 1. The molecule has 1 N–H and O–H groups in total. The van der Waals surface area contributed by atoms with Crippen molar-refractivity contribution in [1.29, 1.82) is 0 Å². The van der Waals surface area contributed by atoms with Gasteiger partial charge in [0, 0.05) is 10.9 Å². The van der Waals surface area contributed by atoms with Crippen molar-refractivity contribution >= 4 is 11.5 Å². The molecule has 2 aromatic rings. The number of aromatic hydroxyl groups is 1. The van der Waals surface area contributed by atoms with Crippen LogP contribution in [-0.4, -0.2) is 9.48 Å². The monoisotopic (exact) mass is 191 g/mol. The number of nitrogens with zero attached hydrogens (tertiary/aromatic N) is 1. The lowest BCUT2D eigenvalue weighted by Crippen LogP contribution is -1.81. The van der Waals surface area contributed by atoms with Crippen LogP contribution in [-0.2, 0) is 0 Å². The van der Waals surface area contributed by atoms with Crippen molar-refractivity contribution in [2.45, 2.75) is 6.92 Å². The Morgan fingerprint density at radius 2 is 2.15 bits per heavy atom. The molecule has 0 aliphatic rings. The Balaban J connectivity index is 2.53. The zero-order valence-electron chi connectivity index (χ0n) is 7.19. The Morgan fingerprint density at radius 3 is 2.77 bits per heavy atom. The molecule has 66 valence electrons. The van der Waals surface area contributed by atoms with E-state index in [-0.39, 0.29) is 0 Å². The summed E-state index contributed by atoms with van der Waals surface area (Å²) in [4.78, 5) is 0. The van der Waals surface area contributed by atoms with Crippen LogP contribution in [0.2, 0.25) is 0 Å². The van der Waals surface area contributed by atoms with Crippen LogP contribution in [0.5, 0.6) is 5.75 Å². The quantitative estimate of drug-likeness (QED) is 0.751. The molecular weight excluding hydrogens is 182 g/mol. The van der Waals surface area contributed by atoms with Crippen LogP contribution in [0, 0.1) is 6.92 Å². The molecule has 0 bridgehead atoms. The summed E-state index contributed by atoms with van der Waals surface area (Å²) in [6.45, 7) is 1.97. The number of phenolic OH excluding ortho intramolecular Hbond substituents is 1. The summed E-state index contributed by atoms with van der Waals surface area (Å²) in [6.07, 6.45) is 0. The van der Waals surface area contributed by atoms with E-state index in [9.17, 15) is 5.11 Å². The maximum Gasteiger partial charge on any atom is 0.115 e. The predicted octanol–water partition coefficient (Wildman–Crippen LogP) is 2.82. The minimum Gasteiger partial charge on any atom is -0.508 e. The second-order valence-corrected chi connectivity index (χ2v) is 3.55. The topological polar surface area (TPSA) is 33.1 Å². The molecule has 0 aliphatic heterocycles. The normalized spacial score (nSPS) is 10.2. The number of hydrogen-bond acceptors (Lipinski definition) is 3. The second-order valence-electron chi connectivity index (χ2n) is 2.88. The van der Waals surface area contributed by atoms with Gasteiger partial charge in [0.2, 0.25) is 0 Å². The van der Waals surface area contributed by atoms with E-state index in [0.29, 0.717) is 5.75 Å². The number of phenols is 1. The minimum absolute atomic E-state index is 0.302. The Bertz CT molecular complexity index is 409. The molecule has 2 rings (SSSR count). The highest BCUT2D eigenvalue weighted by Gasteiger charge is 2.03. The SMILES string of the molecule is Cc1cc(O)ccc1-c1ccsn1. The maximum atomic E-state index is 9.22. The number of benzene rings is 1. The first-order valence-corrected chi connectivity index (χ1v) is 4.81. The molecule has 0 amide bonds. The van der Waals surface area contributed by atoms with E-state index in [4.69, 9.17) is 0 Å². The van der Waals surface area contributed by atoms with Gasteiger partial charge in [-0.3, -0.25) is 0 Å². The average molecular weight is 191 g/mol. The van der Waals surface area contributed by atoms with E-state index >= 15 is 0 Å². The molecule has 1 aromatic heterocycles. The van der Waals surface area contributed by atoms with E-state index in [1.807, 2.05) is 24.4 Å². The van der Waals surface area contributed by atoms with E-state index in [0.717, 1.165) is 16.8 Å². The van der Waals surface area contributed by atoms with Gasteiger partial charge >= 0.3 is 0 Å². The molecule has 0 radical (unpaired) electrons. The summed E-state index contributed by atoms with van der Waals surface area (Å²) in [5.41, 5.74) is 3.10. The van der Waals surface area contributed by atoms with E-state index in [2.05, 4.69) is 4.37 Å². The first-order valence-electron chi connectivity index (χ1n) is 3.98. The van der Waals surface area contributed by atoms with Crippen LogP contribution in [0.4, 0.5) is 0 Å². The third-order valence-corrected chi connectivity index (χ3v) is 2.48. The Hall–Kier alpha value is -1.35. The summed E-state index contributed by atoms with van der Waals surface area (Å²) in [5, 5.41) is 11.2. The van der Waals surface area contributed by atoms with Crippen LogP contribution in [0.25, 0.3) is 11.3 Å². The molecule has 3 heteroatoms. The third-order valence-electron chi connectivity index (χ3n) is 1.92. The van der Waals surface area contributed by atoms with Gasteiger partial charge in [0.05, 0.1) is 5.69 Å². The van der Waals surface area contributed by atoms with Crippen LogP contribution >= 0.6 is 11.5 Å². The second kappa shape index (κ2) is 3.18. The molecule has 1 aromatic carbocycles. The van der Waals surface area contributed by atoms with Gasteiger partial charge in [-0.05, 0) is 48.3 Å². The zero-order valence-corrected chi connectivity index (χ0v) is 8.01. The standard InChI is InChI=1S/C10H9NOS/c1-7-6-8(12)2-3-9(7)10-4-5-13-11-10/h2-6,12H,1H3. The van der Waals surface area contributed by atoms with Crippen LogP contribution in [0.1, 0.15) is 5.56 Å². The van der Waals surface area contributed by atoms with Gasteiger partial charge in [-0.25, -0.2) is 0 Å². The molecule has 13 heavy (non-hydrogen) atoms. The summed E-state index contributed by atoms with van der Waals surface area (Å²) in [5.74, 6) is 0.302. The van der Waals surface area contributed by atoms with Gasteiger partial charge in [-0.1, -0.05) is 0 Å². The van der Waals surface area contributed by atoms with Crippen molar-refractivity contribution in [1.82, 2.24) is 4.37 Å². The Morgan fingerprint density at radius 1 is 1.31 bits per heavy atom. The van der Waals surface area contributed by atoms with Crippen molar-refractivity contribution in [3.8, 4) is 17.0 Å². The minimum atomic E-state index is 0.302. The van der Waals surface area contributed by atoms with Crippen LogP contribution < -0.4 is 0 Å². The molecule has 0 spiro atoms. The van der Waals surface area contributed by atoms with Crippen molar-refractivity contribution in [3.63, 3.8) is 0 Å². The molecule has 0 saturated carbocycles. The maximum absolute atomic E-state index is 9.22. The molecule has 2 nitrogen and oxygen atoms in total. The number of rotatable bonds is 1. The van der Waals surface area contributed by atoms with Gasteiger partial charge in [0.25, 0.3) is 0 Å². The van der Waals surface area contributed by atoms with Crippen LogP contribution in [0.15, 0.2) is 29.6 Å². The van der Waals surface area contributed by atoms with Gasteiger partial charge in [-0.15, -0.1) is 0 Å². The van der Waals surface area contributed by atoms with Crippen LogP contribution in [0.3, 0.4) is 0 Å². The summed E-state index contributed by atoms with van der Waals surface area (Å²) in [6, 6.07) is 7.29. The molecular formula is C10H9NOS. The van der Waals surface area contributed by atoms with Gasteiger partial charge in [0.15, 0.2) is 0 Å². The molecule has 0 saturated heterocycles. The highest BCUT2D eigenvalue weighted by Crippen LogP contribution is 2.25. The molecule has 0 fully saturated rings. The lowest BCUT2D eigenvalue weighted by molar-refractivity contribution is 0.475. The van der Waals surface area contributed by atoms with E-state index in [1.165, 1.54) is 11.5 Å². The fraction of sp³-hybridized carbons (Fsp3) is 0.100. The number of aromatic nitrogens is 1. The van der Waals surface area contributed by atoms with Crippen molar-refractivity contribution in [3.05, 3.63) is 35.2 Å². The largest absolute Gasteiger partial charge is 0.508 e. The zero-order chi connectivity index (χ0) is 9.26. The Labute approximate surface area is 80.6 Å². The fourth-order valence-corrected chi connectivity index (χ4v) is 1.81. The predicted molar refractivity (Wildman–Crippen MR) is 54.0 cm³/mol. The van der Waals surface area contributed by atoms with Crippen molar-refractivity contribution in [2.75, 3.05) is 0 Å².